The Morgan fingerprint density at radius 3 is 2.89 bits per heavy atom. The summed E-state index contributed by atoms with van der Waals surface area (Å²) in [7, 11) is 0. The molecule has 2 aromatic rings. The van der Waals surface area contributed by atoms with Gasteiger partial charge in [0.2, 0.25) is 5.91 Å². The number of aromatic amines is 1. The van der Waals surface area contributed by atoms with Crippen LogP contribution >= 0.6 is 0 Å². The van der Waals surface area contributed by atoms with Gasteiger partial charge in [0.05, 0.1) is 5.92 Å². The van der Waals surface area contributed by atoms with Gasteiger partial charge in [-0.15, -0.1) is 0 Å². The summed E-state index contributed by atoms with van der Waals surface area (Å²) >= 11 is 0. The lowest BCUT2D eigenvalue weighted by Gasteiger charge is -2.10. The molecule has 0 saturated heterocycles. The Labute approximate surface area is 111 Å². The second kappa shape index (κ2) is 4.42. The van der Waals surface area contributed by atoms with Crippen molar-refractivity contribution in [1.82, 2.24) is 10.2 Å². The first-order valence-corrected chi connectivity index (χ1v) is 6.32. The molecule has 3 N–H and O–H groups in total. The lowest BCUT2D eigenvalue weighted by molar-refractivity contribution is -0.117. The number of hydrogen-bond donors (Lipinski definition) is 3. The molecule has 0 radical (unpaired) electrons. The molecule has 1 aliphatic rings. The Balaban J connectivity index is 1.81. The number of rotatable bonds is 2. The van der Waals surface area contributed by atoms with Crippen LogP contribution in [0.5, 0.6) is 0 Å². The Bertz CT molecular complexity index is 632. The molecule has 1 aromatic heterocycles. The van der Waals surface area contributed by atoms with E-state index in [0.29, 0.717) is 12.4 Å². The van der Waals surface area contributed by atoms with Crippen molar-refractivity contribution < 1.29 is 4.79 Å². The third kappa shape index (κ3) is 1.97. The number of nitrogens with one attached hydrogen (secondary N) is 3. The number of para-hydroxylation sites is 1. The van der Waals surface area contributed by atoms with Crippen LogP contribution in [0.1, 0.15) is 22.7 Å². The second-order valence-electron chi connectivity index (χ2n) is 4.83. The van der Waals surface area contributed by atoms with Crippen molar-refractivity contribution in [1.29, 1.82) is 0 Å². The van der Waals surface area contributed by atoms with Crippen molar-refractivity contribution in [3.05, 3.63) is 41.1 Å². The molecule has 1 unspecified atom stereocenters. The molecule has 5 heteroatoms. The fraction of sp³-hybridized carbons (Fsp3) is 0.286. The maximum Gasteiger partial charge on any atom is 0.234 e. The zero-order valence-corrected chi connectivity index (χ0v) is 10.9. The van der Waals surface area contributed by atoms with Crippen LogP contribution in [0.4, 0.5) is 11.5 Å². The highest BCUT2D eigenvalue weighted by molar-refractivity contribution is 5.98. The largest absolute Gasteiger partial charge is 0.384 e. The first-order chi connectivity index (χ1) is 9.16. The fourth-order valence-corrected chi connectivity index (χ4v) is 2.33. The SMILES string of the molecule is Cc1[nH]nc(NC(=O)C2CNc3ccccc32)c1C. The van der Waals surface area contributed by atoms with Gasteiger partial charge in [-0.25, -0.2) is 0 Å². The molecule has 1 aromatic carbocycles. The summed E-state index contributed by atoms with van der Waals surface area (Å²) in [6, 6.07) is 7.90. The molecule has 0 spiro atoms. The first-order valence-electron chi connectivity index (χ1n) is 6.32. The van der Waals surface area contributed by atoms with Gasteiger partial charge in [0.1, 0.15) is 0 Å². The quantitative estimate of drug-likeness (QED) is 0.771. The summed E-state index contributed by atoms with van der Waals surface area (Å²) in [5.74, 6) is 0.437. The van der Waals surface area contributed by atoms with E-state index in [1.807, 2.05) is 38.1 Å². The van der Waals surface area contributed by atoms with E-state index in [9.17, 15) is 4.79 Å². The van der Waals surface area contributed by atoms with Crippen molar-refractivity contribution in [3.63, 3.8) is 0 Å². The molecular formula is C14H16N4O. The average Bonchev–Trinajstić information content (AvgIpc) is 2.97. The van der Waals surface area contributed by atoms with E-state index >= 15 is 0 Å². The van der Waals surface area contributed by atoms with Gasteiger partial charge < -0.3 is 10.6 Å². The minimum Gasteiger partial charge on any atom is -0.384 e. The van der Waals surface area contributed by atoms with E-state index in [-0.39, 0.29) is 11.8 Å². The number of anilines is 2. The van der Waals surface area contributed by atoms with Crippen LogP contribution in [0, 0.1) is 13.8 Å². The Morgan fingerprint density at radius 1 is 1.37 bits per heavy atom. The number of aryl methyl sites for hydroxylation is 1. The number of aromatic nitrogens is 2. The van der Waals surface area contributed by atoms with Crippen molar-refractivity contribution in [3.8, 4) is 0 Å². The monoisotopic (exact) mass is 256 g/mol. The van der Waals surface area contributed by atoms with Gasteiger partial charge in [0.25, 0.3) is 0 Å². The predicted molar refractivity (Wildman–Crippen MR) is 74.4 cm³/mol. The summed E-state index contributed by atoms with van der Waals surface area (Å²) in [6.07, 6.45) is 0. The fourth-order valence-electron chi connectivity index (χ4n) is 2.33. The minimum absolute atomic E-state index is 0.0212. The number of carbonyl (C=O) groups is 1. The molecule has 5 nitrogen and oxygen atoms in total. The van der Waals surface area contributed by atoms with Crippen molar-refractivity contribution in [2.45, 2.75) is 19.8 Å². The number of carbonyl (C=O) groups excluding carboxylic acids is 1. The minimum atomic E-state index is -0.160. The molecule has 1 aliphatic heterocycles. The molecule has 19 heavy (non-hydrogen) atoms. The van der Waals surface area contributed by atoms with Crippen LogP contribution in [0.25, 0.3) is 0 Å². The molecule has 1 amide bonds. The highest BCUT2D eigenvalue weighted by Crippen LogP contribution is 2.31. The van der Waals surface area contributed by atoms with Crippen molar-refractivity contribution >= 4 is 17.4 Å². The van der Waals surface area contributed by atoms with E-state index in [2.05, 4.69) is 20.8 Å². The van der Waals surface area contributed by atoms with E-state index in [4.69, 9.17) is 0 Å². The number of nitrogens with zero attached hydrogens (tertiary/aromatic N) is 1. The Kier molecular flexibility index (Phi) is 2.74. The normalized spacial score (nSPS) is 16.8. The number of H-pyrrole nitrogens is 1. The van der Waals surface area contributed by atoms with Crippen LogP contribution in [-0.2, 0) is 4.79 Å². The zero-order valence-electron chi connectivity index (χ0n) is 10.9. The van der Waals surface area contributed by atoms with Gasteiger partial charge >= 0.3 is 0 Å². The molecular weight excluding hydrogens is 240 g/mol. The first kappa shape index (κ1) is 11.8. The standard InChI is InChI=1S/C14H16N4O/c1-8-9(2)17-18-13(8)16-14(19)11-7-15-12-6-4-3-5-10(11)12/h3-6,11,15H,7H2,1-2H3,(H2,16,17,18,19). The van der Waals surface area contributed by atoms with E-state index in [1.165, 1.54) is 0 Å². The van der Waals surface area contributed by atoms with E-state index in [0.717, 1.165) is 22.5 Å². The van der Waals surface area contributed by atoms with E-state index < -0.39 is 0 Å². The second-order valence-corrected chi connectivity index (χ2v) is 4.83. The highest BCUT2D eigenvalue weighted by Gasteiger charge is 2.28. The summed E-state index contributed by atoms with van der Waals surface area (Å²) in [5.41, 5.74) is 4.04. The number of benzene rings is 1. The smallest absolute Gasteiger partial charge is 0.234 e. The lowest BCUT2D eigenvalue weighted by atomic mass is 10.0. The van der Waals surface area contributed by atoms with Crippen LogP contribution in [-0.4, -0.2) is 22.6 Å². The third-order valence-electron chi connectivity index (χ3n) is 3.64. The van der Waals surface area contributed by atoms with Gasteiger partial charge in [-0.05, 0) is 25.5 Å². The number of amides is 1. The average molecular weight is 256 g/mol. The molecule has 0 fully saturated rings. The molecule has 1 atom stereocenters. The van der Waals surface area contributed by atoms with Crippen molar-refractivity contribution in [2.24, 2.45) is 0 Å². The van der Waals surface area contributed by atoms with Crippen molar-refractivity contribution in [2.75, 3.05) is 17.2 Å². The predicted octanol–water partition coefficient (Wildman–Crippen LogP) is 2.17. The zero-order chi connectivity index (χ0) is 13.4. The summed E-state index contributed by atoms with van der Waals surface area (Å²) in [4.78, 5) is 12.3. The van der Waals surface area contributed by atoms with E-state index in [1.54, 1.807) is 0 Å². The number of fused-ring (bicyclic) bond motifs is 1. The summed E-state index contributed by atoms with van der Waals surface area (Å²) in [5, 5.41) is 13.1. The molecule has 2 heterocycles. The number of hydrogen-bond acceptors (Lipinski definition) is 3. The van der Waals surface area contributed by atoms with Gasteiger partial charge in [-0.1, -0.05) is 18.2 Å². The molecule has 98 valence electrons. The molecule has 0 saturated carbocycles. The Morgan fingerprint density at radius 2 is 2.16 bits per heavy atom. The van der Waals surface area contributed by atoms with Crippen LogP contribution in [0.15, 0.2) is 24.3 Å². The molecule has 3 rings (SSSR count). The summed E-state index contributed by atoms with van der Waals surface area (Å²) < 4.78 is 0. The van der Waals surface area contributed by atoms with Gasteiger partial charge in [0, 0.05) is 23.5 Å². The Hall–Kier alpha value is -2.30. The highest BCUT2D eigenvalue weighted by atomic mass is 16.2. The van der Waals surface area contributed by atoms with Crippen LogP contribution in [0.2, 0.25) is 0 Å². The lowest BCUT2D eigenvalue weighted by Crippen LogP contribution is -2.23. The third-order valence-corrected chi connectivity index (χ3v) is 3.64. The summed E-state index contributed by atoms with van der Waals surface area (Å²) in [6.45, 7) is 4.51. The molecule has 0 bridgehead atoms. The van der Waals surface area contributed by atoms with Gasteiger partial charge in [0.15, 0.2) is 5.82 Å². The maximum atomic E-state index is 12.3. The topological polar surface area (TPSA) is 69.8 Å². The van der Waals surface area contributed by atoms with Gasteiger partial charge in [-0.2, -0.15) is 5.10 Å². The molecule has 0 aliphatic carbocycles. The van der Waals surface area contributed by atoms with Crippen LogP contribution < -0.4 is 10.6 Å². The maximum absolute atomic E-state index is 12.3. The van der Waals surface area contributed by atoms with Gasteiger partial charge in [-0.3, -0.25) is 9.89 Å². The van der Waals surface area contributed by atoms with Crippen LogP contribution in [0.3, 0.4) is 0 Å².